The van der Waals surface area contributed by atoms with Gasteiger partial charge in [-0.2, -0.15) is 18.2 Å². The van der Waals surface area contributed by atoms with Crippen LogP contribution in [0.3, 0.4) is 0 Å². The minimum Gasteiger partial charge on any atom is -0.280 e. The van der Waals surface area contributed by atoms with Gasteiger partial charge in [-0.05, 0) is 54.7 Å². The van der Waals surface area contributed by atoms with Crippen LogP contribution in [0.1, 0.15) is 5.56 Å². The summed E-state index contributed by atoms with van der Waals surface area (Å²) in [6, 6.07) is 8.00. The summed E-state index contributed by atoms with van der Waals surface area (Å²) in [6.45, 7) is 0. The number of aliphatic imine (C=N–C) groups is 1. The number of isothiocyanates is 1. The highest BCUT2D eigenvalue weighted by Gasteiger charge is 2.33. The molecule has 0 aliphatic carbocycles. The summed E-state index contributed by atoms with van der Waals surface area (Å²) in [5.74, 6) is 0. The van der Waals surface area contributed by atoms with E-state index >= 15 is 0 Å². The Morgan fingerprint density at radius 3 is 2.29 bits per heavy atom. The number of nitrogens with one attached hydrogen (secondary N) is 1. The van der Waals surface area contributed by atoms with E-state index in [0.29, 0.717) is 11.8 Å². The fourth-order valence-electron chi connectivity index (χ4n) is 1.77. The van der Waals surface area contributed by atoms with Gasteiger partial charge in [-0.25, -0.2) is 8.42 Å². The second-order valence-electron chi connectivity index (χ2n) is 4.49. The van der Waals surface area contributed by atoms with E-state index in [9.17, 15) is 21.6 Å². The maximum atomic E-state index is 12.8. The average molecular weight is 393 g/mol. The first-order valence-corrected chi connectivity index (χ1v) is 8.48. The molecule has 1 N–H and O–H groups in total. The molecule has 0 fully saturated rings. The molecule has 24 heavy (non-hydrogen) atoms. The van der Waals surface area contributed by atoms with E-state index in [1.807, 2.05) is 0 Å². The number of benzene rings is 2. The van der Waals surface area contributed by atoms with Crippen LogP contribution in [0.5, 0.6) is 0 Å². The van der Waals surface area contributed by atoms with Crippen molar-refractivity contribution < 1.29 is 21.6 Å². The number of halogens is 4. The average Bonchev–Trinajstić information content (AvgIpc) is 2.49. The quantitative estimate of drug-likeness (QED) is 0.595. The van der Waals surface area contributed by atoms with Crippen molar-refractivity contribution in [3.05, 3.63) is 53.1 Å². The van der Waals surface area contributed by atoms with E-state index in [4.69, 9.17) is 11.6 Å². The third-order valence-electron chi connectivity index (χ3n) is 2.85. The molecule has 0 spiro atoms. The Labute approximate surface area is 146 Å². The van der Waals surface area contributed by atoms with Gasteiger partial charge >= 0.3 is 6.18 Å². The van der Waals surface area contributed by atoms with Crippen molar-refractivity contribution in [2.45, 2.75) is 11.1 Å². The minimum atomic E-state index is -4.70. The molecule has 0 heterocycles. The Kier molecular flexibility index (Phi) is 5.29. The second kappa shape index (κ2) is 6.90. The highest BCUT2D eigenvalue weighted by molar-refractivity contribution is 7.92. The van der Waals surface area contributed by atoms with Crippen LogP contribution in [0.25, 0.3) is 0 Å². The number of thiocarbonyl (C=S) groups is 1. The van der Waals surface area contributed by atoms with Gasteiger partial charge in [0, 0.05) is 5.69 Å². The van der Waals surface area contributed by atoms with E-state index in [0.717, 1.165) is 12.1 Å². The molecular formula is C14H8ClF3N2O2S2. The van der Waals surface area contributed by atoms with E-state index in [-0.39, 0.29) is 10.6 Å². The van der Waals surface area contributed by atoms with Crippen molar-refractivity contribution in [1.82, 2.24) is 0 Å². The van der Waals surface area contributed by atoms with Crippen LogP contribution in [0.4, 0.5) is 24.5 Å². The molecule has 0 aliphatic rings. The summed E-state index contributed by atoms with van der Waals surface area (Å²) in [4.78, 5) is 3.53. The highest BCUT2D eigenvalue weighted by Crippen LogP contribution is 2.36. The molecular weight excluding hydrogens is 385 g/mol. The first kappa shape index (κ1) is 18.4. The zero-order valence-electron chi connectivity index (χ0n) is 11.6. The predicted molar refractivity (Wildman–Crippen MR) is 88.4 cm³/mol. The maximum absolute atomic E-state index is 12.8. The number of nitrogens with zero attached hydrogens (tertiary/aromatic N) is 1. The van der Waals surface area contributed by atoms with Crippen LogP contribution in [-0.4, -0.2) is 13.6 Å². The Bertz CT molecular complexity index is 907. The SMILES string of the molecule is O=S(=O)(Nc1ccc(Cl)c(C(F)(F)F)c1)c1ccc(N=C=S)cc1. The van der Waals surface area contributed by atoms with Crippen molar-refractivity contribution in [3.8, 4) is 0 Å². The normalized spacial score (nSPS) is 11.7. The molecule has 2 rings (SSSR count). The predicted octanol–water partition coefficient (Wildman–Crippen LogP) is 4.89. The zero-order valence-corrected chi connectivity index (χ0v) is 14.0. The molecule has 4 nitrogen and oxygen atoms in total. The summed E-state index contributed by atoms with van der Waals surface area (Å²) in [5, 5.41) is 1.61. The lowest BCUT2D eigenvalue weighted by atomic mass is 10.2. The summed E-state index contributed by atoms with van der Waals surface area (Å²) in [5.41, 5.74) is -0.988. The largest absolute Gasteiger partial charge is 0.417 e. The number of hydrogen-bond acceptors (Lipinski definition) is 4. The van der Waals surface area contributed by atoms with Crippen LogP contribution in [0, 0.1) is 0 Å². The molecule has 0 saturated carbocycles. The Hall–Kier alpha value is -1.93. The zero-order chi connectivity index (χ0) is 18.0. The number of rotatable bonds is 4. The van der Waals surface area contributed by atoms with Gasteiger partial charge in [-0.3, -0.25) is 4.72 Å². The van der Waals surface area contributed by atoms with Crippen molar-refractivity contribution in [1.29, 1.82) is 0 Å². The Morgan fingerprint density at radius 1 is 1.12 bits per heavy atom. The molecule has 2 aromatic rings. The van der Waals surface area contributed by atoms with E-state index < -0.39 is 26.8 Å². The molecule has 0 aliphatic heterocycles. The summed E-state index contributed by atoms with van der Waals surface area (Å²) in [7, 11) is -4.07. The third kappa shape index (κ3) is 4.33. The molecule has 126 valence electrons. The first-order chi connectivity index (χ1) is 11.1. The van der Waals surface area contributed by atoms with Gasteiger partial charge in [-0.1, -0.05) is 11.6 Å². The van der Waals surface area contributed by atoms with Gasteiger partial charge < -0.3 is 0 Å². The molecule has 0 unspecified atom stereocenters. The maximum Gasteiger partial charge on any atom is 0.417 e. The lowest BCUT2D eigenvalue weighted by molar-refractivity contribution is -0.137. The first-order valence-electron chi connectivity index (χ1n) is 6.21. The van der Waals surface area contributed by atoms with Gasteiger partial charge in [0.25, 0.3) is 10.0 Å². The molecule has 10 heteroatoms. The monoisotopic (exact) mass is 392 g/mol. The number of anilines is 1. The molecule has 0 bridgehead atoms. The van der Waals surface area contributed by atoms with Crippen LogP contribution < -0.4 is 4.72 Å². The molecule has 0 atom stereocenters. The molecule has 2 aromatic carbocycles. The Morgan fingerprint density at radius 2 is 1.75 bits per heavy atom. The third-order valence-corrected chi connectivity index (χ3v) is 4.66. The number of hydrogen-bond donors (Lipinski definition) is 1. The summed E-state index contributed by atoms with van der Waals surface area (Å²) in [6.07, 6.45) is -4.70. The van der Waals surface area contributed by atoms with Crippen LogP contribution in [-0.2, 0) is 16.2 Å². The van der Waals surface area contributed by atoms with Crippen LogP contribution in [0.15, 0.2) is 52.4 Å². The topological polar surface area (TPSA) is 58.5 Å². The fourth-order valence-corrected chi connectivity index (χ4v) is 3.15. The number of alkyl halides is 3. The standard InChI is InChI=1S/C14H8ClF3N2O2S2/c15-13-6-3-10(7-12(13)14(16,17)18)20-24(21,22)11-4-1-9(2-5-11)19-8-23/h1-7,20H. The smallest absolute Gasteiger partial charge is 0.280 e. The van der Waals surface area contributed by atoms with Crippen molar-refractivity contribution in [2.24, 2.45) is 4.99 Å². The highest BCUT2D eigenvalue weighted by atomic mass is 35.5. The second-order valence-corrected chi connectivity index (χ2v) is 6.77. The molecule has 0 amide bonds. The minimum absolute atomic E-state index is 0.144. The lowest BCUT2D eigenvalue weighted by Crippen LogP contribution is -2.14. The summed E-state index contributed by atoms with van der Waals surface area (Å²) >= 11 is 9.92. The van der Waals surface area contributed by atoms with Crippen molar-refractivity contribution in [3.63, 3.8) is 0 Å². The molecule has 0 aromatic heterocycles. The van der Waals surface area contributed by atoms with E-state index in [1.54, 1.807) is 0 Å². The number of sulfonamides is 1. The fraction of sp³-hybridized carbons (Fsp3) is 0.0714. The van der Waals surface area contributed by atoms with E-state index in [2.05, 4.69) is 27.1 Å². The van der Waals surface area contributed by atoms with Crippen LogP contribution in [0.2, 0.25) is 5.02 Å². The van der Waals surface area contributed by atoms with Crippen LogP contribution >= 0.6 is 23.8 Å². The lowest BCUT2D eigenvalue weighted by Gasteiger charge is -2.13. The van der Waals surface area contributed by atoms with Gasteiger partial charge in [0.1, 0.15) is 0 Å². The van der Waals surface area contributed by atoms with Gasteiger partial charge in [0.05, 0.1) is 26.3 Å². The van der Waals surface area contributed by atoms with E-state index in [1.165, 1.54) is 24.3 Å². The van der Waals surface area contributed by atoms with Gasteiger partial charge in [-0.15, -0.1) is 0 Å². The Balaban J connectivity index is 2.34. The van der Waals surface area contributed by atoms with Gasteiger partial charge in [0.15, 0.2) is 0 Å². The summed E-state index contributed by atoms with van der Waals surface area (Å²) < 4.78 is 65.0. The molecule has 0 saturated heterocycles. The van der Waals surface area contributed by atoms with Gasteiger partial charge in [0.2, 0.25) is 0 Å². The molecule has 0 radical (unpaired) electrons. The van der Waals surface area contributed by atoms with Crippen molar-refractivity contribution in [2.75, 3.05) is 4.72 Å². The van der Waals surface area contributed by atoms with Crippen molar-refractivity contribution >= 4 is 50.4 Å².